The molecule has 0 radical (unpaired) electrons. The van der Waals surface area contributed by atoms with Crippen molar-refractivity contribution in [2.75, 3.05) is 13.2 Å². The predicted molar refractivity (Wildman–Crippen MR) is 92.1 cm³/mol. The number of sulfonamides is 1. The van der Waals surface area contributed by atoms with Crippen LogP contribution in [0.5, 0.6) is 0 Å². The average molecular weight is 354 g/mol. The Balaban J connectivity index is 1.76. The molecule has 0 saturated heterocycles. The maximum absolute atomic E-state index is 12.1. The topological polar surface area (TPSA) is 55.4 Å². The molecule has 2 rings (SSSR count). The van der Waals surface area contributed by atoms with E-state index in [-0.39, 0.29) is 16.0 Å². The summed E-state index contributed by atoms with van der Waals surface area (Å²) < 4.78 is 32.5. The van der Waals surface area contributed by atoms with Gasteiger partial charge in [0.15, 0.2) is 0 Å². The van der Waals surface area contributed by atoms with Crippen molar-refractivity contribution in [3.8, 4) is 0 Å². The van der Waals surface area contributed by atoms with Gasteiger partial charge in [0.1, 0.15) is 4.90 Å². The third kappa shape index (κ3) is 5.32. The van der Waals surface area contributed by atoms with Crippen molar-refractivity contribution in [2.45, 2.75) is 24.3 Å². The van der Waals surface area contributed by atoms with E-state index in [4.69, 9.17) is 16.3 Å². The Hall–Kier alpha value is -1.40. The first-order valence-corrected chi connectivity index (χ1v) is 9.27. The first kappa shape index (κ1) is 17.9. The molecule has 6 heteroatoms. The molecule has 1 unspecified atom stereocenters. The van der Waals surface area contributed by atoms with E-state index < -0.39 is 10.0 Å². The van der Waals surface area contributed by atoms with E-state index in [1.165, 1.54) is 6.07 Å². The Morgan fingerprint density at radius 2 is 1.74 bits per heavy atom. The number of hydrogen-bond acceptors (Lipinski definition) is 3. The molecule has 2 aromatic carbocycles. The first-order valence-electron chi connectivity index (χ1n) is 7.41. The first-order chi connectivity index (χ1) is 11.0. The van der Waals surface area contributed by atoms with Gasteiger partial charge in [-0.05, 0) is 31.0 Å². The van der Waals surface area contributed by atoms with Gasteiger partial charge >= 0.3 is 0 Å². The molecule has 124 valence electrons. The highest BCUT2D eigenvalue weighted by atomic mass is 35.5. The van der Waals surface area contributed by atoms with Crippen molar-refractivity contribution in [1.29, 1.82) is 0 Å². The summed E-state index contributed by atoms with van der Waals surface area (Å²) >= 11 is 5.91. The second-order valence-corrected chi connectivity index (χ2v) is 7.25. The van der Waals surface area contributed by atoms with Gasteiger partial charge in [-0.25, -0.2) is 13.1 Å². The maximum atomic E-state index is 12.1. The number of halogens is 1. The Kier molecular flexibility index (Phi) is 6.59. The van der Waals surface area contributed by atoms with E-state index in [2.05, 4.69) is 4.72 Å². The lowest BCUT2D eigenvalue weighted by molar-refractivity contribution is 0.0647. The maximum Gasteiger partial charge on any atom is 0.242 e. The van der Waals surface area contributed by atoms with Gasteiger partial charge in [-0.15, -0.1) is 0 Å². The zero-order valence-corrected chi connectivity index (χ0v) is 14.5. The fourth-order valence-corrected chi connectivity index (χ4v) is 3.69. The highest BCUT2D eigenvalue weighted by molar-refractivity contribution is 7.89. The van der Waals surface area contributed by atoms with Crippen LogP contribution in [0.25, 0.3) is 0 Å². The van der Waals surface area contributed by atoms with Crippen molar-refractivity contribution in [2.24, 2.45) is 0 Å². The zero-order chi connectivity index (χ0) is 16.7. The second-order valence-electron chi connectivity index (χ2n) is 5.11. The van der Waals surface area contributed by atoms with Crippen molar-refractivity contribution in [3.63, 3.8) is 0 Å². The summed E-state index contributed by atoms with van der Waals surface area (Å²) in [7, 11) is -3.58. The molecule has 0 aromatic heterocycles. The van der Waals surface area contributed by atoms with E-state index in [9.17, 15) is 8.42 Å². The third-order valence-electron chi connectivity index (χ3n) is 3.38. The number of hydrogen-bond donors (Lipinski definition) is 1. The summed E-state index contributed by atoms with van der Waals surface area (Å²) in [6.07, 6.45) is 0.567. The van der Waals surface area contributed by atoms with E-state index in [0.29, 0.717) is 19.6 Å². The quantitative estimate of drug-likeness (QED) is 0.735. The molecular weight excluding hydrogens is 334 g/mol. The summed E-state index contributed by atoms with van der Waals surface area (Å²) in [6, 6.07) is 16.3. The Labute approximate surface area is 142 Å². The lowest BCUT2D eigenvalue weighted by Gasteiger charge is -2.13. The lowest BCUT2D eigenvalue weighted by Crippen LogP contribution is -2.26. The van der Waals surface area contributed by atoms with E-state index in [1.807, 2.05) is 37.3 Å². The molecule has 0 saturated carbocycles. The normalized spacial score (nSPS) is 13.0. The minimum absolute atomic E-state index is 0.0172. The van der Waals surface area contributed by atoms with Gasteiger partial charge in [-0.3, -0.25) is 0 Å². The zero-order valence-electron chi connectivity index (χ0n) is 12.9. The number of nitrogens with one attached hydrogen (secondary N) is 1. The standard InChI is InChI=1S/C17H20ClNO3S/c1-14(15-8-3-2-4-9-15)22-13-7-12-19-23(20,21)17-11-6-5-10-16(17)18/h2-6,8-11,14,19H,7,12-13H2,1H3. The van der Waals surface area contributed by atoms with Crippen molar-refractivity contribution < 1.29 is 13.2 Å². The largest absolute Gasteiger partial charge is 0.374 e. The van der Waals surface area contributed by atoms with Gasteiger partial charge in [0.2, 0.25) is 10.0 Å². The molecule has 4 nitrogen and oxygen atoms in total. The second kappa shape index (κ2) is 8.45. The van der Waals surface area contributed by atoms with Crippen LogP contribution in [-0.2, 0) is 14.8 Å². The Morgan fingerprint density at radius 3 is 2.43 bits per heavy atom. The number of rotatable bonds is 8. The van der Waals surface area contributed by atoms with Gasteiger partial charge in [0.05, 0.1) is 11.1 Å². The molecular formula is C17H20ClNO3S. The fraction of sp³-hybridized carbons (Fsp3) is 0.294. The summed E-state index contributed by atoms with van der Waals surface area (Å²) in [5, 5.41) is 0.217. The molecule has 23 heavy (non-hydrogen) atoms. The summed E-state index contributed by atoms with van der Waals surface area (Å²) in [6.45, 7) is 2.75. The van der Waals surface area contributed by atoms with Crippen LogP contribution in [0.15, 0.2) is 59.5 Å². The summed E-state index contributed by atoms with van der Waals surface area (Å²) in [5.74, 6) is 0. The van der Waals surface area contributed by atoms with Crippen LogP contribution in [0.4, 0.5) is 0 Å². The molecule has 2 aromatic rings. The van der Waals surface area contributed by atoms with Crippen molar-refractivity contribution in [1.82, 2.24) is 4.72 Å². The molecule has 0 fully saturated rings. The van der Waals surface area contributed by atoms with Crippen LogP contribution in [0.3, 0.4) is 0 Å². The van der Waals surface area contributed by atoms with Crippen molar-refractivity contribution >= 4 is 21.6 Å². The molecule has 0 aliphatic heterocycles. The van der Waals surface area contributed by atoms with Crippen LogP contribution < -0.4 is 4.72 Å². The smallest absolute Gasteiger partial charge is 0.242 e. The fourth-order valence-electron chi connectivity index (χ4n) is 2.10. The van der Waals surface area contributed by atoms with Crippen molar-refractivity contribution in [3.05, 3.63) is 65.2 Å². The Morgan fingerprint density at radius 1 is 1.09 bits per heavy atom. The number of benzene rings is 2. The van der Waals surface area contributed by atoms with Crippen LogP contribution >= 0.6 is 11.6 Å². The minimum atomic E-state index is -3.58. The summed E-state index contributed by atoms with van der Waals surface area (Å²) in [5.41, 5.74) is 1.10. The highest BCUT2D eigenvalue weighted by Gasteiger charge is 2.16. The van der Waals surface area contributed by atoms with Gasteiger partial charge in [0, 0.05) is 13.2 Å². The van der Waals surface area contributed by atoms with E-state index in [0.717, 1.165) is 5.56 Å². The molecule has 0 heterocycles. The lowest BCUT2D eigenvalue weighted by atomic mass is 10.1. The third-order valence-corrected chi connectivity index (χ3v) is 5.34. The molecule has 0 amide bonds. The van der Waals surface area contributed by atoms with Gasteiger partial charge < -0.3 is 4.74 Å². The average Bonchev–Trinajstić information content (AvgIpc) is 2.55. The van der Waals surface area contributed by atoms with Crippen LogP contribution in [0.1, 0.15) is 25.0 Å². The Bertz CT molecular complexity index is 720. The monoisotopic (exact) mass is 353 g/mol. The molecule has 0 bridgehead atoms. The van der Waals surface area contributed by atoms with Gasteiger partial charge in [-0.1, -0.05) is 54.1 Å². The minimum Gasteiger partial charge on any atom is -0.374 e. The molecule has 0 aliphatic rings. The van der Waals surface area contributed by atoms with Gasteiger partial charge in [-0.2, -0.15) is 0 Å². The highest BCUT2D eigenvalue weighted by Crippen LogP contribution is 2.20. The number of ether oxygens (including phenoxy) is 1. The molecule has 0 spiro atoms. The molecule has 0 aliphatic carbocycles. The van der Waals surface area contributed by atoms with E-state index >= 15 is 0 Å². The SMILES string of the molecule is CC(OCCCNS(=O)(=O)c1ccccc1Cl)c1ccccc1. The molecule has 1 atom stereocenters. The van der Waals surface area contributed by atoms with Crippen LogP contribution in [0.2, 0.25) is 5.02 Å². The van der Waals surface area contributed by atoms with E-state index in [1.54, 1.807) is 18.2 Å². The van der Waals surface area contributed by atoms with Crippen LogP contribution in [-0.4, -0.2) is 21.6 Å². The predicted octanol–water partition coefficient (Wildman–Crippen LogP) is 3.79. The summed E-state index contributed by atoms with van der Waals surface area (Å²) in [4.78, 5) is 0.0974. The molecule has 1 N–H and O–H groups in total. The van der Waals surface area contributed by atoms with Crippen LogP contribution in [0, 0.1) is 0 Å². The van der Waals surface area contributed by atoms with Gasteiger partial charge in [0.25, 0.3) is 0 Å².